The van der Waals surface area contributed by atoms with Crippen LogP contribution in [0.25, 0.3) is 0 Å². The summed E-state index contributed by atoms with van der Waals surface area (Å²) < 4.78 is 13.5. The molecule has 5 atom stereocenters. The lowest BCUT2D eigenvalue weighted by molar-refractivity contribution is 0.365. The summed E-state index contributed by atoms with van der Waals surface area (Å²) in [5.41, 5.74) is 3.84. The quantitative estimate of drug-likeness (QED) is 0.661. The van der Waals surface area contributed by atoms with Gasteiger partial charge in [0.05, 0.1) is 5.02 Å². The smallest absolute Gasteiger partial charge is 0.142 e. The van der Waals surface area contributed by atoms with Gasteiger partial charge in [-0.2, -0.15) is 0 Å². The van der Waals surface area contributed by atoms with Crippen molar-refractivity contribution in [1.29, 1.82) is 0 Å². The molecule has 3 aliphatic carbocycles. The molecule has 3 aliphatic rings. The summed E-state index contributed by atoms with van der Waals surface area (Å²) in [4.78, 5) is 0. The maximum atomic E-state index is 13.5. The van der Waals surface area contributed by atoms with Crippen LogP contribution in [0.2, 0.25) is 5.02 Å². The molecule has 3 saturated carbocycles. The summed E-state index contributed by atoms with van der Waals surface area (Å²) in [6, 6.07) is 5.26. The third-order valence-electron chi connectivity index (χ3n) is 5.94. The number of halogens is 2. The predicted octanol–water partition coefficient (Wildman–Crippen LogP) is 3.15. The van der Waals surface area contributed by atoms with Crippen LogP contribution in [0.4, 0.5) is 4.39 Å². The Balaban J connectivity index is 1.51. The van der Waals surface area contributed by atoms with E-state index >= 15 is 0 Å². The fraction of sp³-hybridized carbons (Fsp3) is 0.625. The molecule has 2 nitrogen and oxygen atoms in total. The van der Waals surface area contributed by atoms with E-state index in [0.717, 1.165) is 35.7 Å². The number of hydrazine groups is 1. The zero-order chi connectivity index (χ0) is 13.9. The number of fused-ring (bicyclic) bond motifs is 5. The molecule has 20 heavy (non-hydrogen) atoms. The molecule has 0 aliphatic heterocycles. The molecule has 0 heterocycles. The molecule has 0 saturated heterocycles. The zero-order valence-electron chi connectivity index (χ0n) is 11.4. The number of benzene rings is 1. The Morgan fingerprint density at radius 2 is 2.00 bits per heavy atom. The van der Waals surface area contributed by atoms with Gasteiger partial charge in [0.1, 0.15) is 5.82 Å². The van der Waals surface area contributed by atoms with Crippen molar-refractivity contribution in [3.05, 3.63) is 34.6 Å². The molecule has 108 valence electrons. The minimum Gasteiger partial charge on any atom is -0.271 e. The molecule has 0 spiro atoms. The highest BCUT2D eigenvalue weighted by molar-refractivity contribution is 6.31. The molecule has 0 radical (unpaired) electrons. The predicted molar refractivity (Wildman–Crippen MR) is 77.5 cm³/mol. The number of hydrogen-bond donors (Lipinski definition) is 2. The number of rotatable bonds is 4. The van der Waals surface area contributed by atoms with Crippen molar-refractivity contribution in [1.82, 2.24) is 5.43 Å². The third kappa shape index (κ3) is 1.83. The lowest BCUT2D eigenvalue weighted by Gasteiger charge is -2.20. The van der Waals surface area contributed by atoms with Crippen LogP contribution in [0, 0.1) is 35.4 Å². The minimum atomic E-state index is -0.337. The fourth-order valence-electron chi connectivity index (χ4n) is 5.18. The van der Waals surface area contributed by atoms with E-state index in [0.29, 0.717) is 5.92 Å². The van der Waals surface area contributed by atoms with Gasteiger partial charge in [0.25, 0.3) is 0 Å². The summed E-state index contributed by atoms with van der Waals surface area (Å²) >= 11 is 6.07. The van der Waals surface area contributed by atoms with Crippen LogP contribution >= 0.6 is 11.6 Å². The minimum absolute atomic E-state index is 0.229. The molecule has 1 aromatic rings. The van der Waals surface area contributed by atoms with E-state index in [2.05, 4.69) is 5.43 Å². The molecule has 5 unspecified atom stereocenters. The van der Waals surface area contributed by atoms with Crippen molar-refractivity contribution >= 4 is 11.6 Å². The summed E-state index contributed by atoms with van der Waals surface area (Å²) in [7, 11) is 0. The van der Waals surface area contributed by atoms with Gasteiger partial charge in [0, 0.05) is 6.04 Å². The molecule has 1 aromatic carbocycles. The van der Waals surface area contributed by atoms with Crippen LogP contribution in [0.1, 0.15) is 24.8 Å². The standard InChI is InChI=1S/C16H20ClFN2/c17-16-10(2-1-3-11(16)18)7-12(20-19)15-13-8-4-5-9(6-8)14(13)15/h1-3,8-9,12-15,20H,4-7,19H2. The van der Waals surface area contributed by atoms with E-state index < -0.39 is 0 Å². The van der Waals surface area contributed by atoms with Crippen LogP contribution < -0.4 is 11.3 Å². The molecular formula is C16H20ClFN2. The first-order valence-corrected chi connectivity index (χ1v) is 7.97. The van der Waals surface area contributed by atoms with Gasteiger partial charge in [-0.05, 0) is 66.9 Å². The van der Waals surface area contributed by atoms with E-state index in [1.54, 1.807) is 6.07 Å². The first-order valence-electron chi connectivity index (χ1n) is 7.59. The van der Waals surface area contributed by atoms with E-state index in [4.69, 9.17) is 17.4 Å². The van der Waals surface area contributed by atoms with E-state index in [-0.39, 0.29) is 16.9 Å². The van der Waals surface area contributed by atoms with Gasteiger partial charge in [-0.1, -0.05) is 23.7 Å². The van der Waals surface area contributed by atoms with Gasteiger partial charge in [-0.15, -0.1) is 0 Å². The molecule has 4 rings (SSSR count). The SMILES string of the molecule is NNC(Cc1cccc(F)c1Cl)C1C2C3CCC(C3)C21. The molecule has 3 fully saturated rings. The van der Waals surface area contributed by atoms with Gasteiger partial charge in [0.15, 0.2) is 0 Å². The zero-order valence-corrected chi connectivity index (χ0v) is 12.1. The van der Waals surface area contributed by atoms with E-state index in [1.807, 2.05) is 6.07 Å². The van der Waals surface area contributed by atoms with Crippen LogP contribution in [-0.2, 0) is 6.42 Å². The van der Waals surface area contributed by atoms with Gasteiger partial charge in [0.2, 0.25) is 0 Å². The first-order chi connectivity index (χ1) is 9.70. The summed E-state index contributed by atoms with van der Waals surface area (Å²) in [5, 5.41) is 0.251. The van der Waals surface area contributed by atoms with Gasteiger partial charge < -0.3 is 0 Å². The fourth-order valence-corrected chi connectivity index (χ4v) is 5.38. The average molecular weight is 295 g/mol. The summed E-state index contributed by atoms with van der Waals surface area (Å²) in [6.07, 6.45) is 4.97. The van der Waals surface area contributed by atoms with Crippen molar-refractivity contribution in [2.75, 3.05) is 0 Å². The topological polar surface area (TPSA) is 38.0 Å². The summed E-state index contributed by atoms with van der Waals surface area (Å²) in [6.45, 7) is 0. The second-order valence-corrected chi connectivity index (χ2v) is 7.13. The van der Waals surface area contributed by atoms with Crippen molar-refractivity contribution < 1.29 is 4.39 Å². The largest absolute Gasteiger partial charge is 0.271 e. The summed E-state index contributed by atoms with van der Waals surface area (Å²) in [5.74, 6) is 9.69. The van der Waals surface area contributed by atoms with Crippen molar-refractivity contribution in [2.24, 2.45) is 35.4 Å². The van der Waals surface area contributed by atoms with Crippen LogP contribution in [0.3, 0.4) is 0 Å². The van der Waals surface area contributed by atoms with Crippen molar-refractivity contribution in [2.45, 2.75) is 31.7 Å². The van der Waals surface area contributed by atoms with Gasteiger partial charge in [-0.3, -0.25) is 11.3 Å². The second-order valence-electron chi connectivity index (χ2n) is 6.76. The average Bonchev–Trinajstić information content (AvgIpc) is 2.88. The molecule has 4 heteroatoms. The van der Waals surface area contributed by atoms with Crippen LogP contribution in [0.5, 0.6) is 0 Å². The maximum absolute atomic E-state index is 13.5. The van der Waals surface area contributed by atoms with Crippen molar-refractivity contribution in [3.8, 4) is 0 Å². The van der Waals surface area contributed by atoms with E-state index in [1.165, 1.54) is 25.3 Å². The number of nitrogens with two attached hydrogens (primary N) is 1. The highest BCUT2D eigenvalue weighted by Crippen LogP contribution is 2.70. The molecule has 2 bridgehead atoms. The molecule has 0 aromatic heterocycles. The number of hydrogen-bond acceptors (Lipinski definition) is 2. The molecule has 0 amide bonds. The lowest BCUT2D eigenvalue weighted by atomic mass is 9.93. The lowest BCUT2D eigenvalue weighted by Crippen LogP contribution is -2.40. The Bertz CT molecular complexity index is 519. The molecule has 3 N–H and O–H groups in total. The maximum Gasteiger partial charge on any atom is 0.142 e. The van der Waals surface area contributed by atoms with Crippen molar-refractivity contribution in [3.63, 3.8) is 0 Å². The van der Waals surface area contributed by atoms with Gasteiger partial charge in [-0.25, -0.2) is 4.39 Å². The molecular weight excluding hydrogens is 275 g/mol. The Labute approximate surface area is 123 Å². The van der Waals surface area contributed by atoms with E-state index in [9.17, 15) is 4.39 Å². The Morgan fingerprint density at radius 1 is 1.30 bits per heavy atom. The monoisotopic (exact) mass is 294 g/mol. The highest BCUT2D eigenvalue weighted by Gasteiger charge is 2.66. The normalized spacial score (nSPS) is 38.9. The van der Waals surface area contributed by atoms with Gasteiger partial charge >= 0.3 is 0 Å². The Kier molecular flexibility index (Phi) is 3.06. The Morgan fingerprint density at radius 3 is 2.65 bits per heavy atom. The van der Waals surface area contributed by atoms with Crippen LogP contribution in [-0.4, -0.2) is 6.04 Å². The second kappa shape index (κ2) is 4.69. The third-order valence-corrected chi connectivity index (χ3v) is 6.37. The van der Waals surface area contributed by atoms with Crippen LogP contribution in [0.15, 0.2) is 18.2 Å². The number of nitrogens with one attached hydrogen (secondary N) is 1. The highest BCUT2D eigenvalue weighted by atomic mass is 35.5. The first kappa shape index (κ1) is 13.1. The Hall–Kier alpha value is -0.640.